The van der Waals surface area contributed by atoms with Crippen LogP contribution < -0.4 is 4.74 Å². The summed E-state index contributed by atoms with van der Waals surface area (Å²) in [6.45, 7) is -0.270. The highest BCUT2D eigenvalue weighted by Gasteiger charge is 2.23. The van der Waals surface area contributed by atoms with Gasteiger partial charge in [0, 0.05) is 5.56 Å². The number of aliphatic hydroxyl groups excluding tert-OH is 1. The number of benzene rings is 2. The third kappa shape index (κ3) is 2.81. The number of rotatable bonds is 4. The van der Waals surface area contributed by atoms with E-state index in [1.807, 2.05) is 24.3 Å². The van der Waals surface area contributed by atoms with Crippen LogP contribution in [0.15, 0.2) is 47.0 Å². The summed E-state index contributed by atoms with van der Waals surface area (Å²) in [6, 6.07) is 12.5. The zero-order chi connectivity index (χ0) is 16.4. The van der Waals surface area contributed by atoms with Gasteiger partial charge in [-0.2, -0.15) is 0 Å². The zero-order valence-corrected chi connectivity index (χ0v) is 13.7. The summed E-state index contributed by atoms with van der Waals surface area (Å²) in [6.07, 6.45) is 0. The van der Waals surface area contributed by atoms with Crippen LogP contribution in [0.5, 0.6) is 5.75 Å². The summed E-state index contributed by atoms with van der Waals surface area (Å²) in [5.74, 6) is 0.983. The zero-order valence-electron chi connectivity index (χ0n) is 12.2. The van der Waals surface area contributed by atoms with E-state index in [1.165, 1.54) is 0 Å². The Morgan fingerprint density at radius 1 is 1.09 bits per heavy atom. The van der Waals surface area contributed by atoms with Gasteiger partial charge < -0.3 is 14.4 Å². The number of halogens is 2. The van der Waals surface area contributed by atoms with E-state index in [-0.39, 0.29) is 6.61 Å². The molecule has 0 bridgehead atoms. The first-order valence-corrected chi connectivity index (χ1v) is 7.60. The molecule has 118 valence electrons. The second-order valence-corrected chi connectivity index (χ2v) is 5.61. The van der Waals surface area contributed by atoms with Crippen LogP contribution in [-0.2, 0) is 6.61 Å². The van der Waals surface area contributed by atoms with Crippen LogP contribution in [0, 0.1) is 0 Å². The Bertz CT molecular complexity index is 825. The number of hydrogen-bond donors (Lipinski definition) is 1. The Labute approximate surface area is 143 Å². The minimum Gasteiger partial charge on any atom is -0.496 e. The maximum absolute atomic E-state index is 9.83. The first kappa shape index (κ1) is 15.9. The van der Waals surface area contributed by atoms with Gasteiger partial charge in [-0.15, -0.1) is 0 Å². The summed E-state index contributed by atoms with van der Waals surface area (Å²) in [4.78, 5) is 0. The minimum atomic E-state index is -0.270. The highest BCUT2D eigenvalue weighted by atomic mass is 35.5. The molecule has 0 fully saturated rings. The Morgan fingerprint density at radius 3 is 2.43 bits per heavy atom. The van der Waals surface area contributed by atoms with Crippen LogP contribution in [0.25, 0.3) is 22.6 Å². The van der Waals surface area contributed by atoms with E-state index in [4.69, 9.17) is 32.5 Å². The molecule has 4 nitrogen and oxygen atoms in total. The van der Waals surface area contributed by atoms with Gasteiger partial charge in [0.15, 0.2) is 5.76 Å². The average Bonchev–Trinajstić information content (AvgIpc) is 2.98. The maximum Gasteiger partial charge on any atom is 0.176 e. The van der Waals surface area contributed by atoms with E-state index in [2.05, 4.69) is 5.16 Å². The van der Waals surface area contributed by atoms with Crippen LogP contribution >= 0.6 is 23.2 Å². The van der Waals surface area contributed by atoms with Gasteiger partial charge in [0.05, 0.1) is 34.9 Å². The molecule has 0 radical (unpaired) electrons. The lowest BCUT2D eigenvalue weighted by Crippen LogP contribution is -1.93. The molecule has 3 rings (SSSR count). The molecule has 0 aliphatic heterocycles. The quantitative estimate of drug-likeness (QED) is 0.733. The van der Waals surface area contributed by atoms with Gasteiger partial charge in [-0.1, -0.05) is 46.6 Å². The molecule has 0 aliphatic carbocycles. The van der Waals surface area contributed by atoms with Crippen LogP contribution in [0.2, 0.25) is 10.0 Å². The van der Waals surface area contributed by atoms with Gasteiger partial charge in [-0.05, 0) is 24.3 Å². The van der Waals surface area contributed by atoms with Crippen LogP contribution in [0.4, 0.5) is 0 Å². The van der Waals surface area contributed by atoms with Crippen molar-refractivity contribution in [2.75, 3.05) is 7.11 Å². The van der Waals surface area contributed by atoms with Crippen molar-refractivity contribution in [2.24, 2.45) is 0 Å². The molecule has 23 heavy (non-hydrogen) atoms. The predicted octanol–water partition coefficient (Wildman–Crippen LogP) is 4.82. The molecular formula is C17H13Cl2NO3. The SMILES string of the molecule is COc1ccccc1-c1noc(-c2c(Cl)cccc2Cl)c1CO. The van der Waals surface area contributed by atoms with Crippen molar-refractivity contribution in [3.63, 3.8) is 0 Å². The van der Waals surface area contributed by atoms with Gasteiger partial charge in [0.25, 0.3) is 0 Å². The van der Waals surface area contributed by atoms with Crippen LogP contribution in [0.1, 0.15) is 5.56 Å². The smallest absolute Gasteiger partial charge is 0.176 e. The largest absolute Gasteiger partial charge is 0.496 e. The lowest BCUT2D eigenvalue weighted by atomic mass is 10.0. The van der Waals surface area contributed by atoms with Gasteiger partial charge in [-0.3, -0.25) is 0 Å². The van der Waals surface area contributed by atoms with Crippen molar-refractivity contribution in [3.8, 4) is 28.3 Å². The predicted molar refractivity (Wildman–Crippen MR) is 89.9 cm³/mol. The van der Waals surface area contributed by atoms with E-state index in [0.29, 0.717) is 38.4 Å². The summed E-state index contributed by atoms with van der Waals surface area (Å²) in [5.41, 5.74) is 2.23. The van der Waals surface area contributed by atoms with Crippen molar-refractivity contribution in [3.05, 3.63) is 58.1 Å². The number of nitrogens with zero attached hydrogens (tertiary/aromatic N) is 1. The first-order valence-electron chi connectivity index (χ1n) is 6.84. The molecule has 6 heteroatoms. The number of para-hydroxylation sites is 1. The standard InChI is InChI=1S/C17H13Cl2NO3/c1-22-14-8-3-2-5-10(14)16-11(9-21)17(23-20-16)15-12(18)6-4-7-13(15)19/h2-8,21H,9H2,1H3. The van der Waals surface area contributed by atoms with E-state index in [1.54, 1.807) is 25.3 Å². The Hall–Kier alpha value is -2.01. The Kier molecular flexibility index (Phi) is 4.57. The van der Waals surface area contributed by atoms with Crippen LogP contribution in [-0.4, -0.2) is 17.4 Å². The number of ether oxygens (including phenoxy) is 1. The van der Waals surface area contributed by atoms with Crippen LogP contribution in [0.3, 0.4) is 0 Å². The van der Waals surface area contributed by atoms with Gasteiger partial charge in [0.1, 0.15) is 11.4 Å². The van der Waals surface area contributed by atoms with Gasteiger partial charge >= 0.3 is 0 Å². The first-order chi connectivity index (χ1) is 11.2. The van der Waals surface area contributed by atoms with Crippen molar-refractivity contribution in [1.29, 1.82) is 0 Å². The third-order valence-electron chi connectivity index (χ3n) is 3.50. The second-order valence-electron chi connectivity index (χ2n) is 4.79. The summed E-state index contributed by atoms with van der Waals surface area (Å²) < 4.78 is 10.8. The molecule has 2 aromatic carbocycles. The van der Waals surface area contributed by atoms with Crippen molar-refractivity contribution in [2.45, 2.75) is 6.61 Å². The molecule has 0 saturated carbocycles. The average molecular weight is 350 g/mol. The molecule has 1 aromatic heterocycles. The highest BCUT2D eigenvalue weighted by molar-refractivity contribution is 6.39. The molecule has 1 N–H and O–H groups in total. The molecule has 3 aromatic rings. The molecule has 0 spiro atoms. The third-order valence-corrected chi connectivity index (χ3v) is 4.13. The lowest BCUT2D eigenvalue weighted by molar-refractivity contribution is 0.281. The van der Waals surface area contributed by atoms with E-state index < -0.39 is 0 Å². The van der Waals surface area contributed by atoms with E-state index in [0.717, 1.165) is 5.56 Å². The number of aliphatic hydroxyl groups is 1. The normalized spacial score (nSPS) is 10.8. The van der Waals surface area contributed by atoms with Crippen molar-refractivity contribution < 1.29 is 14.4 Å². The van der Waals surface area contributed by atoms with Crippen molar-refractivity contribution >= 4 is 23.2 Å². The van der Waals surface area contributed by atoms with E-state index >= 15 is 0 Å². The lowest BCUT2D eigenvalue weighted by Gasteiger charge is -2.07. The Morgan fingerprint density at radius 2 is 1.78 bits per heavy atom. The number of hydrogen-bond acceptors (Lipinski definition) is 4. The molecule has 0 atom stereocenters. The maximum atomic E-state index is 9.83. The topological polar surface area (TPSA) is 55.5 Å². The summed E-state index contributed by atoms with van der Waals surface area (Å²) >= 11 is 12.5. The molecular weight excluding hydrogens is 337 g/mol. The molecule has 0 saturated heterocycles. The second kappa shape index (κ2) is 6.62. The van der Waals surface area contributed by atoms with Crippen molar-refractivity contribution in [1.82, 2.24) is 5.16 Å². The molecule has 0 unspecified atom stereocenters. The molecule has 0 amide bonds. The highest BCUT2D eigenvalue weighted by Crippen LogP contribution is 2.41. The monoisotopic (exact) mass is 349 g/mol. The Balaban J connectivity index is 2.22. The number of aromatic nitrogens is 1. The van der Waals surface area contributed by atoms with Gasteiger partial charge in [0.2, 0.25) is 0 Å². The summed E-state index contributed by atoms with van der Waals surface area (Å²) in [7, 11) is 1.57. The molecule has 1 heterocycles. The molecule has 0 aliphatic rings. The van der Waals surface area contributed by atoms with Gasteiger partial charge in [-0.25, -0.2) is 0 Å². The fraction of sp³-hybridized carbons (Fsp3) is 0.118. The number of methoxy groups -OCH3 is 1. The summed E-state index contributed by atoms with van der Waals surface area (Å²) in [5, 5.41) is 14.8. The van der Waals surface area contributed by atoms with E-state index in [9.17, 15) is 5.11 Å². The minimum absolute atomic E-state index is 0.270. The fourth-order valence-electron chi connectivity index (χ4n) is 2.42. The fourth-order valence-corrected chi connectivity index (χ4v) is 2.99.